The largest absolute Gasteiger partial charge is 0.324 e. The molecule has 0 radical (unpaired) electrons. The predicted molar refractivity (Wildman–Crippen MR) is 60.1 cm³/mol. The molecular formula is C9H13N3O3S. The number of anilines is 1. The van der Waals surface area contributed by atoms with Gasteiger partial charge in [0.05, 0.1) is 11.7 Å². The lowest BCUT2D eigenvalue weighted by Crippen LogP contribution is -2.33. The molecule has 7 heteroatoms. The first-order valence-electron chi connectivity index (χ1n) is 4.50. The van der Waals surface area contributed by atoms with Crippen LogP contribution in [0.1, 0.15) is 6.92 Å². The Morgan fingerprint density at radius 1 is 1.38 bits per heavy atom. The number of carbonyl (C=O) groups is 1. The second-order valence-electron chi connectivity index (χ2n) is 3.32. The van der Waals surface area contributed by atoms with Crippen molar-refractivity contribution in [3.63, 3.8) is 0 Å². The summed E-state index contributed by atoms with van der Waals surface area (Å²) in [6.07, 6.45) is 0. The summed E-state index contributed by atoms with van der Waals surface area (Å²) in [4.78, 5) is 11.2. The van der Waals surface area contributed by atoms with Gasteiger partial charge < -0.3 is 11.1 Å². The van der Waals surface area contributed by atoms with Gasteiger partial charge in [0.15, 0.2) is 0 Å². The van der Waals surface area contributed by atoms with Crippen LogP contribution in [0.5, 0.6) is 0 Å². The lowest BCUT2D eigenvalue weighted by molar-refractivity contribution is -0.117. The average Bonchev–Trinajstić information content (AvgIpc) is 2.16. The fourth-order valence-corrected chi connectivity index (χ4v) is 1.76. The van der Waals surface area contributed by atoms with E-state index in [1.54, 1.807) is 6.07 Å². The van der Waals surface area contributed by atoms with Gasteiger partial charge >= 0.3 is 0 Å². The summed E-state index contributed by atoms with van der Waals surface area (Å²) in [5.41, 5.74) is 5.48. The number of rotatable bonds is 3. The molecule has 0 saturated heterocycles. The maximum Gasteiger partial charge on any atom is 0.241 e. The van der Waals surface area contributed by atoms with E-state index < -0.39 is 22.0 Å². The average molecular weight is 243 g/mol. The zero-order valence-electron chi connectivity index (χ0n) is 8.67. The molecule has 0 bridgehead atoms. The molecule has 0 aromatic heterocycles. The van der Waals surface area contributed by atoms with Gasteiger partial charge in [0.2, 0.25) is 15.9 Å². The molecule has 0 aliphatic carbocycles. The Kier molecular flexibility index (Phi) is 3.63. The van der Waals surface area contributed by atoms with Crippen LogP contribution in [0.25, 0.3) is 0 Å². The quantitative estimate of drug-likeness (QED) is 0.671. The van der Waals surface area contributed by atoms with E-state index >= 15 is 0 Å². The first-order chi connectivity index (χ1) is 7.32. The van der Waals surface area contributed by atoms with Crippen molar-refractivity contribution in [3.05, 3.63) is 24.3 Å². The third-order valence-corrected chi connectivity index (χ3v) is 2.83. The van der Waals surface area contributed by atoms with Crippen molar-refractivity contribution in [1.29, 1.82) is 0 Å². The molecule has 16 heavy (non-hydrogen) atoms. The Labute approximate surface area is 93.7 Å². The van der Waals surface area contributed by atoms with Crippen molar-refractivity contribution in [3.8, 4) is 0 Å². The summed E-state index contributed by atoms with van der Waals surface area (Å²) in [6.45, 7) is 1.49. The van der Waals surface area contributed by atoms with Crippen molar-refractivity contribution in [2.75, 3.05) is 5.32 Å². The van der Waals surface area contributed by atoms with E-state index in [9.17, 15) is 13.2 Å². The van der Waals surface area contributed by atoms with Gasteiger partial charge in [-0.05, 0) is 19.1 Å². The second-order valence-corrected chi connectivity index (χ2v) is 4.85. The molecule has 88 valence electrons. The molecule has 1 unspecified atom stereocenters. The smallest absolute Gasteiger partial charge is 0.241 e. The van der Waals surface area contributed by atoms with Crippen molar-refractivity contribution >= 4 is 21.6 Å². The number of hydrogen-bond donors (Lipinski definition) is 3. The molecule has 1 atom stereocenters. The number of hydrogen-bond acceptors (Lipinski definition) is 4. The van der Waals surface area contributed by atoms with Crippen molar-refractivity contribution < 1.29 is 13.2 Å². The van der Waals surface area contributed by atoms with Crippen LogP contribution in [0, 0.1) is 0 Å². The van der Waals surface area contributed by atoms with Gasteiger partial charge in [0.25, 0.3) is 0 Å². The lowest BCUT2D eigenvalue weighted by atomic mass is 10.3. The first kappa shape index (κ1) is 12.6. The minimum absolute atomic E-state index is 0.132. The number of sulfonamides is 1. The van der Waals surface area contributed by atoms with E-state index in [1.807, 2.05) is 0 Å². The predicted octanol–water partition coefficient (Wildman–Crippen LogP) is -0.380. The Bertz CT molecular complexity index is 496. The molecule has 1 amide bonds. The van der Waals surface area contributed by atoms with Gasteiger partial charge in [-0.3, -0.25) is 4.79 Å². The summed E-state index contributed by atoms with van der Waals surface area (Å²) >= 11 is 0. The summed E-state index contributed by atoms with van der Waals surface area (Å²) < 4.78 is 22.4. The highest BCUT2D eigenvalue weighted by atomic mass is 32.2. The molecule has 5 N–H and O–H groups in total. The SMILES string of the molecule is CC(N)C(=O)Nc1ccccc1S(N)(=O)=O. The van der Waals surface area contributed by atoms with Crippen LogP contribution in [0.15, 0.2) is 29.2 Å². The van der Waals surface area contributed by atoms with Crippen LogP contribution in [-0.4, -0.2) is 20.4 Å². The minimum Gasteiger partial charge on any atom is -0.324 e. The number of primary sulfonamides is 1. The van der Waals surface area contributed by atoms with Gasteiger partial charge in [-0.15, -0.1) is 0 Å². The highest BCUT2D eigenvalue weighted by Gasteiger charge is 2.16. The van der Waals surface area contributed by atoms with Gasteiger partial charge in [-0.25, -0.2) is 13.6 Å². The normalized spacial score (nSPS) is 13.2. The van der Waals surface area contributed by atoms with Gasteiger partial charge in [-0.2, -0.15) is 0 Å². The summed E-state index contributed by atoms with van der Waals surface area (Å²) in [7, 11) is -3.86. The Morgan fingerprint density at radius 2 is 1.94 bits per heavy atom. The van der Waals surface area contributed by atoms with Crippen LogP contribution in [0.3, 0.4) is 0 Å². The number of carbonyl (C=O) groups excluding carboxylic acids is 1. The number of nitrogens with two attached hydrogens (primary N) is 2. The van der Waals surface area contributed by atoms with E-state index in [4.69, 9.17) is 10.9 Å². The Morgan fingerprint density at radius 3 is 2.44 bits per heavy atom. The zero-order valence-corrected chi connectivity index (χ0v) is 9.49. The van der Waals surface area contributed by atoms with E-state index in [-0.39, 0.29) is 10.6 Å². The number of para-hydroxylation sites is 1. The van der Waals surface area contributed by atoms with Crippen molar-refractivity contribution in [2.45, 2.75) is 17.9 Å². The molecule has 0 fully saturated rings. The molecular weight excluding hydrogens is 230 g/mol. The minimum atomic E-state index is -3.86. The number of amides is 1. The fourth-order valence-electron chi connectivity index (χ4n) is 1.06. The molecule has 0 aliphatic heterocycles. The maximum atomic E-state index is 11.3. The highest BCUT2D eigenvalue weighted by Crippen LogP contribution is 2.19. The van der Waals surface area contributed by atoms with Crippen molar-refractivity contribution in [1.82, 2.24) is 0 Å². The summed E-state index contributed by atoms with van der Waals surface area (Å²) in [5, 5.41) is 7.39. The molecule has 1 aromatic rings. The van der Waals surface area contributed by atoms with Crippen LogP contribution >= 0.6 is 0 Å². The van der Waals surface area contributed by atoms with E-state index in [1.165, 1.54) is 25.1 Å². The van der Waals surface area contributed by atoms with Crippen LogP contribution < -0.4 is 16.2 Å². The Balaban J connectivity index is 3.11. The standard InChI is InChI=1S/C9H13N3O3S/c1-6(10)9(13)12-7-4-2-3-5-8(7)16(11,14)15/h2-6H,10H2,1H3,(H,12,13)(H2,11,14,15). The summed E-state index contributed by atoms with van der Waals surface area (Å²) in [6, 6.07) is 5.13. The molecule has 6 nitrogen and oxygen atoms in total. The third kappa shape index (κ3) is 3.02. The van der Waals surface area contributed by atoms with E-state index in [0.29, 0.717) is 0 Å². The van der Waals surface area contributed by atoms with E-state index in [2.05, 4.69) is 5.32 Å². The first-order valence-corrected chi connectivity index (χ1v) is 6.05. The topological polar surface area (TPSA) is 115 Å². The van der Waals surface area contributed by atoms with Gasteiger partial charge in [0.1, 0.15) is 4.90 Å². The zero-order chi connectivity index (χ0) is 12.3. The van der Waals surface area contributed by atoms with Crippen molar-refractivity contribution in [2.24, 2.45) is 10.9 Å². The van der Waals surface area contributed by atoms with Crippen LogP contribution in [-0.2, 0) is 14.8 Å². The number of benzene rings is 1. The Hall–Kier alpha value is -1.44. The number of nitrogens with one attached hydrogen (secondary N) is 1. The lowest BCUT2D eigenvalue weighted by Gasteiger charge is -2.10. The fraction of sp³-hybridized carbons (Fsp3) is 0.222. The second kappa shape index (κ2) is 4.60. The molecule has 0 saturated carbocycles. The van der Waals surface area contributed by atoms with Crippen LogP contribution in [0.4, 0.5) is 5.69 Å². The molecule has 0 spiro atoms. The van der Waals surface area contributed by atoms with E-state index in [0.717, 1.165) is 0 Å². The monoisotopic (exact) mass is 243 g/mol. The molecule has 1 rings (SSSR count). The molecule has 0 heterocycles. The van der Waals surface area contributed by atoms with Gasteiger partial charge in [-0.1, -0.05) is 12.1 Å². The molecule has 0 aliphatic rings. The van der Waals surface area contributed by atoms with Gasteiger partial charge in [0, 0.05) is 0 Å². The maximum absolute atomic E-state index is 11.3. The molecule has 1 aromatic carbocycles. The third-order valence-electron chi connectivity index (χ3n) is 1.87. The van der Waals surface area contributed by atoms with Crippen LogP contribution in [0.2, 0.25) is 0 Å². The summed E-state index contributed by atoms with van der Waals surface area (Å²) in [5.74, 6) is -0.476. The highest BCUT2D eigenvalue weighted by molar-refractivity contribution is 7.89.